The highest BCUT2D eigenvalue weighted by atomic mass is 16.6. The van der Waals surface area contributed by atoms with Gasteiger partial charge in [0.25, 0.3) is 0 Å². The molecule has 0 aliphatic carbocycles. The van der Waals surface area contributed by atoms with Crippen LogP contribution in [0.25, 0.3) is 0 Å². The fourth-order valence-electron chi connectivity index (χ4n) is 5.85. The van der Waals surface area contributed by atoms with Crippen molar-refractivity contribution in [2.45, 2.75) is 72.8 Å². The summed E-state index contributed by atoms with van der Waals surface area (Å²) < 4.78 is 19.1. The fourth-order valence-corrected chi connectivity index (χ4v) is 5.85. The molecule has 3 aromatic rings. The van der Waals surface area contributed by atoms with Gasteiger partial charge in [-0.3, -0.25) is 4.98 Å². The number of nitrogens with zero attached hydrogens (tertiary/aromatic N) is 3. The molecule has 42 heavy (non-hydrogen) atoms. The van der Waals surface area contributed by atoms with Crippen LogP contribution >= 0.6 is 0 Å². The Morgan fingerprint density at radius 3 is 1.79 bits per heavy atom. The van der Waals surface area contributed by atoms with Crippen LogP contribution in [0.5, 0.6) is 11.5 Å². The highest BCUT2D eigenvalue weighted by Crippen LogP contribution is 2.53. The van der Waals surface area contributed by atoms with Crippen LogP contribution < -0.4 is 19.3 Å². The summed E-state index contributed by atoms with van der Waals surface area (Å²) in [7, 11) is 0. The largest absolute Gasteiger partial charge is 0.493 e. The standard InChI is InChI=1S/C35H47N3O4/c1-7-13-21-38(22-14-8-2)27-16-18-30(33(24-27)41-12-6)35(31-25-36-20-19-28(31)34(39)42-35)29-17-15-26(37(9-3)10-4)23-32(29)40-11-5/h15-20,23-25H,7-14,21-22H2,1-6H3. The third-order valence-electron chi connectivity index (χ3n) is 8.01. The topological polar surface area (TPSA) is 64.1 Å². The van der Waals surface area contributed by atoms with E-state index in [4.69, 9.17) is 14.2 Å². The molecule has 7 nitrogen and oxygen atoms in total. The number of carbonyl (C=O) groups is 1. The number of esters is 1. The van der Waals surface area contributed by atoms with Crippen LogP contribution in [-0.4, -0.2) is 50.3 Å². The van der Waals surface area contributed by atoms with Crippen molar-refractivity contribution in [2.75, 3.05) is 49.2 Å². The molecule has 0 N–H and O–H groups in total. The number of unbranched alkanes of at least 4 members (excludes halogenated alkanes) is 2. The van der Waals surface area contributed by atoms with Crippen molar-refractivity contribution in [2.24, 2.45) is 0 Å². The second-order valence-corrected chi connectivity index (χ2v) is 10.6. The third kappa shape index (κ3) is 6.06. The summed E-state index contributed by atoms with van der Waals surface area (Å²) in [4.78, 5) is 22.7. The van der Waals surface area contributed by atoms with E-state index in [1.165, 1.54) is 0 Å². The van der Waals surface area contributed by atoms with Gasteiger partial charge in [0.1, 0.15) is 11.5 Å². The highest BCUT2D eigenvalue weighted by Gasteiger charge is 2.52. The van der Waals surface area contributed by atoms with Crippen molar-refractivity contribution in [3.05, 3.63) is 77.1 Å². The molecule has 1 aliphatic heterocycles. The Morgan fingerprint density at radius 1 is 0.738 bits per heavy atom. The molecule has 2 heterocycles. The predicted octanol–water partition coefficient (Wildman–Crippen LogP) is 7.59. The second kappa shape index (κ2) is 14.4. The lowest BCUT2D eigenvalue weighted by Gasteiger charge is -2.34. The minimum Gasteiger partial charge on any atom is -0.493 e. The van der Waals surface area contributed by atoms with E-state index in [0.29, 0.717) is 35.8 Å². The molecular weight excluding hydrogens is 526 g/mol. The Bertz CT molecular complexity index is 1330. The van der Waals surface area contributed by atoms with E-state index in [1.54, 1.807) is 18.5 Å². The van der Waals surface area contributed by atoms with Crippen molar-refractivity contribution < 1.29 is 19.0 Å². The molecule has 0 bridgehead atoms. The second-order valence-electron chi connectivity index (χ2n) is 10.6. The van der Waals surface area contributed by atoms with Gasteiger partial charge in [-0.2, -0.15) is 0 Å². The molecule has 7 heteroatoms. The lowest BCUT2D eigenvalue weighted by molar-refractivity contribution is 0.0236. The van der Waals surface area contributed by atoms with E-state index in [2.05, 4.69) is 72.8 Å². The maximum absolute atomic E-state index is 13.5. The molecule has 0 saturated heterocycles. The van der Waals surface area contributed by atoms with Gasteiger partial charge in [0.05, 0.1) is 18.8 Å². The minimum atomic E-state index is -1.28. The first-order valence-corrected chi connectivity index (χ1v) is 15.7. The predicted molar refractivity (Wildman–Crippen MR) is 170 cm³/mol. The van der Waals surface area contributed by atoms with Crippen molar-refractivity contribution in [1.82, 2.24) is 4.98 Å². The van der Waals surface area contributed by atoms with Crippen LogP contribution in [-0.2, 0) is 10.3 Å². The van der Waals surface area contributed by atoms with E-state index >= 15 is 0 Å². The van der Waals surface area contributed by atoms with E-state index in [-0.39, 0.29) is 5.97 Å². The summed E-state index contributed by atoms with van der Waals surface area (Å²) in [5.41, 5.74) is 3.58. The van der Waals surface area contributed by atoms with Crippen LogP contribution in [0.1, 0.15) is 94.3 Å². The Hall–Kier alpha value is -3.74. The SMILES string of the molecule is CCCCN(CCCC)c1ccc(C2(c3ccc(N(CC)CC)cc3OCC)OC(=O)c3ccncc32)c(OCC)c1. The van der Waals surface area contributed by atoms with Crippen molar-refractivity contribution in [1.29, 1.82) is 0 Å². The van der Waals surface area contributed by atoms with E-state index in [1.807, 2.05) is 19.9 Å². The normalized spacial score (nSPS) is 15.7. The molecule has 0 fully saturated rings. The van der Waals surface area contributed by atoms with Gasteiger partial charge in [-0.25, -0.2) is 4.79 Å². The zero-order valence-electron chi connectivity index (χ0n) is 26.2. The summed E-state index contributed by atoms with van der Waals surface area (Å²) in [5.74, 6) is 0.972. The molecule has 2 aromatic carbocycles. The zero-order valence-corrected chi connectivity index (χ0v) is 26.2. The average Bonchev–Trinajstić information content (AvgIpc) is 3.31. The van der Waals surface area contributed by atoms with Crippen molar-refractivity contribution in [3.63, 3.8) is 0 Å². The molecule has 0 spiro atoms. The molecule has 1 aromatic heterocycles. The highest BCUT2D eigenvalue weighted by molar-refractivity contribution is 5.96. The van der Waals surface area contributed by atoms with Gasteiger partial charge < -0.3 is 24.0 Å². The van der Waals surface area contributed by atoms with Gasteiger partial charge in [-0.15, -0.1) is 0 Å². The first-order chi connectivity index (χ1) is 20.5. The average molecular weight is 574 g/mol. The Labute approximate surface area is 251 Å². The van der Waals surface area contributed by atoms with Crippen LogP contribution in [0.2, 0.25) is 0 Å². The number of benzene rings is 2. The molecule has 4 rings (SSSR count). The summed E-state index contributed by atoms with van der Waals surface area (Å²) in [6, 6.07) is 14.2. The Kier molecular flexibility index (Phi) is 10.7. The fraction of sp³-hybridized carbons (Fsp3) is 0.486. The van der Waals surface area contributed by atoms with Gasteiger partial charge in [0.2, 0.25) is 0 Å². The number of anilines is 2. The number of aromatic nitrogens is 1. The number of fused-ring (bicyclic) bond motifs is 1. The Morgan fingerprint density at radius 2 is 1.29 bits per heavy atom. The molecule has 1 atom stereocenters. The monoisotopic (exact) mass is 573 g/mol. The van der Waals surface area contributed by atoms with E-state index < -0.39 is 5.60 Å². The smallest absolute Gasteiger partial charge is 0.340 e. The summed E-state index contributed by atoms with van der Waals surface area (Å²) in [6.07, 6.45) is 7.87. The lowest BCUT2D eigenvalue weighted by Crippen LogP contribution is -2.32. The number of ether oxygens (including phenoxy) is 3. The number of pyridine rings is 1. The lowest BCUT2D eigenvalue weighted by atomic mass is 9.79. The molecule has 1 unspecified atom stereocenters. The van der Waals surface area contributed by atoms with Crippen LogP contribution in [0.3, 0.4) is 0 Å². The molecular formula is C35H47N3O4. The van der Waals surface area contributed by atoms with Crippen LogP contribution in [0.4, 0.5) is 11.4 Å². The summed E-state index contributed by atoms with van der Waals surface area (Å²) in [6.45, 7) is 17.3. The van der Waals surface area contributed by atoms with Crippen molar-refractivity contribution >= 4 is 17.3 Å². The summed E-state index contributed by atoms with van der Waals surface area (Å²) in [5, 5.41) is 0. The maximum atomic E-state index is 13.5. The van der Waals surface area contributed by atoms with Crippen molar-refractivity contribution in [3.8, 4) is 11.5 Å². The first kappa shape index (κ1) is 31.2. The maximum Gasteiger partial charge on any atom is 0.340 e. The third-order valence-corrected chi connectivity index (χ3v) is 8.01. The number of carbonyl (C=O) groups excluding carboxylic acids is 1. The Balaban J connectivity index is 1.98. The molecule has 1 aliphatic rings. The minimum absolute atomic E-state index is 0.387. The van der Waals surface area contributed by atoms with Gasteiger partial charge in [-0.1, -0.05) is 26.7 Å². The van der Waals surface area contributed by atoms with E-state index in [0.717, 1.165) is 74.4 Å². The molecule has 0 saturated carbocycles. The van der Waals surface area contributed by atoms with Gasteiger partial charge in [-0.05, 0) is 70.9 Å². The summed E-state index contributed by atoms with van der Waals surface area (Å²) >= 11 is 0. The van der Waals surface area contributed by atoms with Gasteiger partial charge in [0.15, 0.2) is 5.60 Å². The number of rotatable bonds is 16. The van der Waals surface area contributed by atoms with Gasteiger partial charge in [0, 0.05) is 78.8 Å². The molecule has 226 valence electrons. The van der Waals surface area contributed by atoms with Crippen LogP contribution in [0, 0.1) is 0 Å². The van der Waals surface area contributed by atoms with E-state index in [9.17, 15) is 4.79 Å². The number of cyclic esters (lactones) is 1. The van der Waals surface area contributed by atoms with Crippen LogP contribution in [0.15, 0.2) is 54.9 Å². The quantitative estimate of drug-likeness (QED) is 0.164. The molecule has 0 amide bonds. The molecule has 0 radical (unpaired) electrons. The van der Waals surface area contributed by atoms with Gasteiger partial charge >= 0.3 is 5.97 Å². The first-order valence-electron chi connectivity index (χ1n) is 15.7. The number of hydrogen-bond donors (Lipinski definition) is 0. The number of hydrogen-bond acceptors (Lipinski definition) is 7. The zero-order chi connectivity index (χ0) is 30.1.